The van der Waals surface area contributed by atoms with E-state index in [-0.39, 0.29) is 22.1 Å². The third kappa shape index (κ3) is 4.55. The quantitative estimate of drug-likeness (QED) is 0.804. The molecule has 1 saturated heterocycles. The third-order valence-electron chi connectivity index (χ3n) is 4.70. The van der Waals surface area contributed by atoms with E-state index in [1.807, 2.05) is 0 Å². The normalized spacial score (nSPS) is 18.6. The van der Waals surface area contributed by atoms with E-state index in [1.54, 1.807) is 6.92 Å². The summed E-state index contributed by atoms with van der Waals surface area (Å²) in [7, 11) is 0. The van der Waals surface area contributed by atoms with Gasteiger partial charge in [0.1, 0.15) is 6.04 Å². The predicted molar refractivity (Wildman–Crippen MR) is 92.3 cm³/mol. The zero-order valence-electron chi connectivity index (χ0n) is 14.8. The molecule has 9 heteroatoms. The van der Waals surface area contributed by atoms with Gasteiger partial charge in [-0.3, -0.25) is 9.48 Å². The maximum atomic E-state index is 13.0. The Morgan fingerprint density at radius 2 is 1.84 bits per heavy atom. The summed E-state index contributed by atoms with van der Waals surface area (Å²) in [4.78, 5) is 14.8. The van der Waals surface area contributed by atoms with Gasteiger partial charge >= 0.3 is 6.18 Å². The number of piperidine rings is 1. The number of hydrogen-bond acceptors (Lipinski definition) is 3. The molecule has 1 fully saturated rings. The molecule has 5 nitrogen and oxygen atoms in total. The highest BCUT2D eigenvalue weighted by Crippen LogP contribution is 2.36. The van der Waals surface area contributed by atoms with Crippen LogP contribution in [0.2, 0.25) is 0 Å². The Morgan fingerprint density at radius 1 is 1.28 bits per heavy atom. The first-order chi connectivity index (χ1) is 11.5. The van der Waals surface area contributed by atoms with Crippen molar-refractivity contribution in [3.05, 3.63) is 15.9 Å². The van der Waals surface area contributed by atoms with Crippen molar-refractivity contribution in [3.63, 3.8) is 0 Å². The highest BCUT2D eigenvalue weighted by molar-refractivity contribution is 9.10. The summed E-state index contributed by atoms with van der Waals surface area (Å²) in [6, 6.07) is -0.290. The van der Waals surface area contributed by atoms with Crippen LogP contribution in [-0.2, 0) is 11.0 Å². The molecule has 0 saturated carbocycles. The summed E-state index contributed by atoms with van der Waals surface area (Å²) in [6.45, 7) is 9.15. The lowest BCUT2D eigenvalue weighted by molar-refractivity contribution is -0.142. The molecule has 0 aromatic carbocycles. The monoisotopic (exact) mass is 424 g/mol. The van der Waals surface area contributed by atoms with Crippen LogP contribution in [0.3, 0.4) is 0 Å². The number of carbonyl (C=O) groups excluding carboxylic acids is 1. The van der Waals surface area contributed by atoms with Gasteiger partial charge in [0.15, 0.2) is 5.69 Å². The standard InChI is InChI=1S/C16H24BrF3N4O/c1-9(2)23-7-5-12(6-8-23)21-15(25)11(4)24-10(3)13(17)14(22-24)16(18,19)20/h9,11-12H,5-8H2,1-4H3,(H,21,25)/t11-/m0/s1. The molecule has 142 valence electrons. The molecule has 0 spiro atoms. The van der Waals surface area contributed by atoms with Gasteiger partial charge in [0.05, 0.1) is 10.2 Å². The Balaban J connectivity index is 2.04. The maximum absolute atomic E-state index is 13.0. The first-order valence-electron chi connectivity index (χ1n) is 8.38. The molecule has 1 aliphatic heterocycles. The minimum atomic E-state index is -4.56. The Hall–Kier alpha value is -1.09. The number of likely N-dealkylation sites (tertiary alicyclic amines) is 1. The van der Waals surface area contributed by atoms with Crippen LogP contribution in [0, 0.1) is 6.92 Å². The van der Waals surface area contributed by atoms with Gasteiger partial charge in [-0.25, -0.2) is 0 Å². The Labute approximate surface area is 154 Å². The van der Waals surface area contributed by atoms with Gasteiger partial charge in [0.2, 0.25) is 5.91 Å². The number of amides is 1. The van der Waals surface area contributed by atoms with Gasteiger partial charge in [-0.2, -0.15) is 18.3 Å². The summed E-state index contributed by atoms with van der Waals surface area (Å²) in [5.74, 6) is -0.310. The number of hydrogen-bond donors (Lipinski definition) is 1. The second kappa shape index (κ2) is 7.65. The number of halogens is 4. The number of nitrogens with one attached hydrogen (secondary N) is 1. The molecule has 0 bridgehead atoms. The van der Waals surface area contributed by atoms with Gasteiger partial charge in [-0.1, -0.05) is 0 Å². The summed E-state index contributed by atoms with van der Waals surface area (Å²) in [5, 5.41) is 6.55. The minimum Gasteiger partial charge on any atom is -0.351 e. The van der Waals surface area contributed by atoms with E-state index in [9.17, 15) is 18.0 Å². The minimum absolute atomic E-state index is 0.0475. The Kier molecular flexibility index (Phi) is 6.19. The summed E-state index contributed by atoms with van der Waals surface area (Å²) in [5.41, 5.74) is -0.723. The van der Waals surface area contributed by atoms with Crippen molar-refractivity contribution in [2.75, 3.05) is 13.1 Å². The highest BCUT2D eigenvalue weighted by Gasteiger charge is 2.39. The van der Waals surface area contributed by atoms with Crippen molar-refractivity contribution < 1.29 is 18.0 Å². The van der Waals surface area contributed by atoms with Crippen LogP contribution in [0.25, 0.3) is 0 Å². The van der Waals surface area contributed by atoms with Crippen LogP contribution < -0.4 is 5.32 Å². The SMILES string of the molecule is Cc1c(Br)c(C(F)(F)F)nn1[C@@H](C)C(=O)NC1CCN(C(C)C)CC1. The fourth-order valence-corrected chi connectivity index (χ4v) is 3.54. The maximum Gasteiger partial charge on any atom is 0.436 e. The average Bonchev–Trinajstić information content (AvgIpc) is 2.83. The smallest absolute Gasteiger partial charge is 0.351 e. The lowest BCUT2D eigenvalue weighted by Crippen LogP contribution is -2.48. The van der Waals surface area contributed by atoms with Crippen molar-refractivity contribution >= 4 is 21.8 Å². The molecule has 1 aromatic rings. The van der Waals surface area contributed by atoms with Crippen molar-refractivity contribution in [3.8, 4) is 0 Å². The molecule has 1 aromatic heterocycles. The van der Waals surface area contributed by atoms with Gasteiger partial charge < -0.3 is 10.2 Å². The molecular weight excluding hydrogens is 401 g/mol. The van der Waals surface area contributed by atoms with Crippen LogP contribution in [0.1, 0.15) is 51.0 Å². The molecule has 25 heavy (non-hydrogen) atoms. The van der Waals surface area contributed by atoms with Gasteiger partial charge in [0.25, 0.3) is 0 Å². The fraction of sp³-hybridized carbons (Fsp3) is 0.750. The molecule has 2 rings (SSSR count). The van der Waals surface area contributed by atoms with Crippen LogP contribution in [0.15, 0.2) is 4.47 Å². The molecule has 1 N–H and O–H groups in total. The molecule has 2 heterocycles. The second-order valence-corrected chi connectivity index (χ2v) is 7.57. The van der Waals surface area contributed by atoms with Gasteiger partial charge in [-0.05, 0) is 56.5 Å². The van der Waals surface area contributed by atoms with Crippen molar-refractivity contribution in [2.45, 2.75) is 64.8 Å². The molecule has 1 aliphatic rings. The Bertz CT molecular complexity index is 622. The predicted octanol–water partition coefficient (Wildman–Crippen LogP) is 3.52. The lowest BCUT2D eigenvalue weighted by atomic mass is 10.0. The highest BCUT2D eigenvalue weighted by atomic mass is 79.9. The third-order valence-corrected chi connectivity index (χ3v) is 5.65. The van der Waals surface area contributed by atoms with Crippen molar-refractivity contribution in [1.82, 2.24) is 20.0 Å². The van der Waals surface area contributed by atoms with Gasteiger partial charge in [-0.15, -0.1) is 0 Å². The molecule has 0 aliphatic carbocycles. The van der Waals surface area contributed by atoms with E-state index in [0.29, 0.717) is 6.04 Å². The van der Waals surface area contributed by atoms with Crippen LogP contribution in [0.5, 0.6) is 0 Å². The summed E-state index contributed by atoms with van der Waals surface area (Å²) < 4.78 is 39.9. The van der Waals surface area contributed by atoms with E-state index >= 15 is 0 Å². The first-order valence-corrected chi connectivity index (χ1v) is 9.18. The number of rotatable bonds is 4. The van der Waals surface area contributed by atoms with Crippen LogP contribution in [-0.4, -0.2) is 45.8 Å². The van der Waals surface area contributed by atoms with E-state index in [0.717, 1.165) is 30.6 Å². The molecular formula is C16H24BrF3N4O. The zero-order chi connectivity index (χ0) is 18.9. The number of alkyl halides is 3. The zero-order valence-corrected chi connectivity index (χ0v) is 16.4. The molecule has 1 amide bonds. The summed E-state index contributed by atoms with van der Waals surface area (Å²) in [6.07, 6.45) is -2.88. The van der Waals surface area contributed by atoms with E-state index in [4.69, 9.17) is 0 Å². The van der Waals surface area contributed by atoms with E-state index in [2.05, 4.69) is 45.1 Å². The summed E-state index contributed by atoms with van der Waals surface area (Å²) >= 11 is 2.93. The number of aromatic nitrogens is 2. The first kappa shape index (κ1) is 20.2. The number of carbonyl (C=O) groups is 1. The molecule has 0 unspecified atom stereocenters. The largest absolute Gasteiger partial charge is 0.436 e. The van der Waals surface area contributed by atoms with E-state index < -0.39 is 17.9 Å². The second-order valence-electron chi connectivity index (χ2n) is 6.78. The number of nitrogens with zero attached hydrogens (tertiary/aromatic N) is 3. The fourth-order valence-electron chi connectivity index (χ4n) is 3.05. The van der Waals surface area contributed by atoms with Crippen LogP contribution >= 0.6 is 15.9 Å². The molecule has 1 atom stereocenters. The van der Waals surface area contributed by atoms with Crippen molar-refractivity contribution in [2.24, 2.45) is 0 Å². The van der Waals surface area contributed by atoms with Gasteiger partial charge in [0, 0.05) is 25.2 Å². The van der Waals surface area contributed by atoms with E-state index in [1.165, 1.54) is 6.92 Å². The molecule has 0 radical (unpaired) electrons. The Morgan fingerprint density at radius 3 is 2.28 bits per heavy atom. The topological polar surface area (TPSA) is 50.2 Å². The average molecular weight is 425 g/mol. The van der Waals surface area contributed by atoms with Crippen LogP contribution in [0.4, 0.5) is 13.2 Å². The lowest BCUT2D eigenvalue weighted by Gasteiger charge is -2.35. The van der Waals surface area contributed by atoms with Crippen molar-refractivity contribution in [1.29, 1.82) is 0 Å².